The normalized spacial score (nSPS) is 14.2. The van der Waals surface area contributed by atoms with Crippen LogP contribution in [0.4, 0.5) is 4.39 Å². The Kier molecular flexibility index (Phi) is 5.01. The summed E-state index contributed by atoms with van der Waals surface area (Å²) in [5.41, 5.74) is 5.85. The van der Waals surface area contributed by atoms with Gasteiger partial charge in [-0.15, -0.1) is 10.2 Å². The molecule has 3 rings (SSSR count). The molecular formula is C15H16BrFN4OS. The highest BCUT2D eigenvalue weighted by Crippen LogP contribution is 2.40. The van der Waals surface area contributed by atoms with Crippen LogP contribution in [0.25, 0.3) is 0 Å². The Bertz CT molecular complexity index is 732. The zero-order chi connectivity index (χ0) is 16.4. The van der Waals surface area contributed by atoms with Crippen molar-refractivity contribution in [1.82, 2.24) is 14.8 Å². The maximum Gasteiger partial charge on any atom is 0.219 e. The lowest BCUT2D eigenvalue weighted by atomic mass is 10.2. The van der Waals surface area contributed by atoms with Crippen LogP contribution in [0.1, 0.15) is 36.6 Å². The van der Waals surface area contributed by atoms with Gasteiger partial charge in [-0.25, -0.2) is 4.39 Å². The first kappa shape index (κ1) is 16.4. The first-order chi connectivity index (χ1) is 11.0. The lowest BCUT2D eigenvalue weighted by molar-refractivity contribution is -0.118. The van der Waals surface area contributed by atoms with Crippen molar-refractivity contribution >= 4 is 33.6 Å². The molecule has 2 aromatic rings. The van der Waals surface area contributed by atoms with Crippen molar-refractivity contribution < 1.29 is 9.18 Å². The van der Waals surface area contributed by atoms with Gasteiger partial charge in [0.1, 0.15) is 11.6 Å². The van der Waals surface area contributed by atoms with Crippen molar-refractivity contribution in [3.63, 3.8) is 0 Å². The zero-order valence-electron chi connectivity index (χ0n) is 12.3. The largest absolute Gasteiger partial charge is 0.370 e. The number of nitrogens with two attached hydrogens (primary N) is 1. The van der Waals surface area contributed by atoms with Crippen LogP contribution in [0, 0.1) is 5.82 Å². The lowest BCUT2D eigenvalue weighted by Gasteiger charge is -2.09. The topological polar surface area (TPSA) is 73.8 Å². The number of aromatic nitrogens is 3. The second-order valence-electron chi connectivity index (χ2n) is 5.51. The van der Waals surface area contributed by atoms with Gasteiger partial charge in [0.25, 0.3) is 0 Å². The molecule has 0 aliphatic heterocycles. The molecule has 0 saturated heterocycles. The predicted molar refractivity (Wildman–Crippen MR) is 89.5 cm³/mol. The maximum absolute atomic E-state index is 13.9. The van der Waals surface area contributed by atoms with E-state index in [1.807, 2.05) is 10.6 Å². The monoisotopic (exact) mass is 398 g/mol. The number of thioether (sulfide) groups is 1. The quantitative estimate of drug-likeness (QED) is 0.726. The number of benzene rings is 1. The number of carbonyl (C=O) groups excluding carboxylic acids is 1. The fourth-order valence-corrected chi connectivity index (χ4v) is 3.55. The molecule has 1 amide bonds. The first-order valence-corrected chi connectivity index (χ1v) is 9.10. The molecule has 2 N–H and O–H groups in total. The molecule has 1 aliphatic rings. The summed E-state index contributed by atoms with van der Waals surface area (Å²) in [6, 6.07) is 5.01. The Morgan fingerprint density at radius 1 is 1.43 bits per heavy atom. The first-order valence-electron chi connectivity index (χ1n) is 7.32. The summed E-state index contributed by atoms with van der Waals surface area (Å²) in [4.78, 5) is 11.1. The molecule has 1 aromatic heterocycles. The van der Waals surface area contributed by atoms with Gasteiger partial charge in [-0.1, -0.05) is 33.8 Å². The van der Waals surface area contributed by atoms with E-state index in [4.69, 9.17) is 5.73 Å². The number of hydrogen-bond acceptors (Lipinski definition) is 4. The predicted octanol–water partition coefficient (Wildman–Crippen LogP) is 3.22. The maximum atomic E-state index is 13.9. The fraction of sp³-hybridized carbons (Fsp3) is 0.400. The summed E-state index contributed by atoms with van der Waals surface area (Å²) in [5.74, 6) is 1.19. The fourth-order valence-electron chi connectivity index (χ4n) is 2.26. The molecule has 23 heavy (non-hydrogen) atoms. The van der Waals surface area contributed by atoms with Crippen molar-refractivity contribution in [3.8, 4) is 0 Å². The Morgan fingerprint density at radius 3 is 2.87 bits per heavy atom. The lowest BCUT2D eigenvalue weighted by Crippen LogP contribution is -2.15. The second-order valence-corrected chi connectivity index (χ2v) is 7.37. The van der Waals surface area contributed by atoms with Gasteiger partial charge in [0.2, 0.25) is 5.91 Å². The molecule has 122 valence electrons. The van der Waals surface area contributed by atoms with E-state index in [1.54, 1.807) is 6.07 Å². The van der Waals surface area contributed by atoms with Crippen LogP contribution in [-0.2, 0) is 17.1 Å². The van der Waals surface area contributed by atoms with Crippen molar-refractivity contribution in [2.45, 2.75) is 42.6 Å². The van der Waals surface area contributed by atoms with Crippen LogP contribution in [-0.4, -0.2) is 20.7 Å². The van der Waals surface area contributed by atoms with Crippen molar-refractivity contribution in [2.75, 3.05) is 0 Å². The minimum atomic E-state index is -0.352. The third kappa shape index (κ3) is 4.11. The highest BCUT2D eigenvalue weighted by molar-refractivity contribution is 9.10. The Hall–Kier alpha value is -1.41. The Balaban J connectivity index is 1.75. The minimum Gasteiger partial charge on any atom is -0.370 e. The average molecular weight is 399 g/mol. The molecule has 0 unspecified atom stereocenters. The molecule has 1 aliphatic carbocycles. The number of carbonyl (C=O) groups is 1. The second kappa shape index (κ2) is 7.00. The van der Waals surface area contributed by atoms with E-state index < -0.39 is 0 Å². The van der Waals surface area contributed by atoms with E-state index in [0.717, 1.165) is 18.7 Å². The molecule has 0 radical (unpaired) electrons. The van der Waals surface area contributed by atoms with E-state index in [-0.39, 0.29) is 18.1 Å². The van der Waals surface area contributed by atoms with Gasteiger partial charge in [0, 0.05) is 29.1 Å². The minimum absolute atomic E-state index is 0.248. The summed E-state index contributed by atoms with van der Waals surface area (Å²) in [6.45, 7) is 0.472. The van der Waals surface area contributed by atoms with Gasteiger partial charge in [-0.05, 0) is 30.5 Å². The van der Waals surface area contributed by atoms with Crippen molar-refractivity contribution in [1.29, 1.82) is 0 Å². The third-order valence-electron chi connectivity index (χ3n) is 3.64. The highest BCUT2D eigenvalue weighted by Gasteiger charge is 2.30. The van der Waals surface area contributed by atoms with Crippen LogP contribution in [0.2, 0.25) is 0 Å². The number of nitrogens with zero attached hydrogens (tertiary/aromatic N) is 3. The summed E-state index contributed by atoms with van der Waals surface area (Å²) in [5, 5.41) is 9.16. The van der Waals surface area contributed by atoms with Crippen LogP contribution in [0.3, 0.4) is 0 Å². The van der Waals surface area contributed by atoms with E-state index in [2.05, 4.69) is 26.1 Å². The number of amides is 1. The molecule has 0 atom stereocenters. The summed E-state index contributed by atoms with van der Waals surface area (Å²) >= 11 is 4.67. The van der Waals surface area contributed by atoms with Crippen molar-refractivity contribution in [3.05, 3.63) is 39.9 Å². The molecule has 1 saturated carbocycles. The number of halogens is 2. The van der Waals surface area contributed by atoms with Crippen molar-refractivity contribution in [2.24, 2.45) is 5.73 Å². The van der Waals surface area contributed by atoms with Crippen LogP contribution in [0.15, 0.2) is 27.8 Å². The third-order valence-corrected chi connectivity index (χ3v) is 5.15. The van der Waals surface area contributed by atoms with Gasteiger partial charge in [-0.3, -0.25) is 4.79 Å². The van der Waals surface area contributed by atoms with Crippen LogP contribution in [0.5, 0.6) is 0 Å². The summed E-state index contributed by atoms with van der Waals surface area (Å²) in [7, 11) is 0. The molecule has 0 spiro atoms. The van der Waals surface area contributed by atoms with E-state index in [0.29, 0.717) is 33.4 Å². The Labute approximate surface area is 146 Å². The molecule has 1 fully saturated rings. The number of primary amides is 1. The molecule has 0 bridgehead atoms. The molecule has 8 heteroatoms. The molecule has 5 nitrogen and oxygen atoms in total. The zero-order valence-corrected chi connectivity index (χ0v) is 14.7. The number of rotatable bonds is 7. The van der Waals surface area contributed by atoms with Crippen LogP contribution < -0.4 is 5.73 Å². The van der Waals surface area contributed by atoms with Gasteiger partial charge < -0.3 is 10.3 Å². The van der Waals surface area contributed by atoms with Gasteiger partial charge in [-0.2, -0.15) is 0 Å². The SMILES string of the molecule is NC(=O)CCn1c(SCc2ccc(Br)cc2F)nnc1C1CC1. The molecular weight excluding hydrogens is 383 g/mol. The molecule has 1 heterocycles. The number of hydrogen-bond donors (Lipinski definition) is 1. The average Bonchev–Trinajstić information content (AvgIpc) is 3.25. The van der Waals surface area contributed by atoms with Crippen LogP contribution >= 0.6 is 27.7 Å². The Morgan fingerprint density at radius 2 is 2.22 bits per heavy atom. The van der Waals surface area contributed by atoms with E-state index in [1.165, 1.54) is 17.8 Å². The van der Waals surface area contributed by atoms with Gasteiger partial charge in [0.05, 0.1) is 0 Å². The smallest absolute Gasteiger partial charge is 0.219 e. The van der Waals surface area contributed by atoms with E-state index in [9.17, 15) is 9.18 Å². The highest BCUT2D eigenvalue weighted by atomic mass is 79.9. The van der Waals surface area contributed by atoms with Gasteiger partial charge in [0.15, 0.2) is 5.16 Å². The summed E-state index contributed by atoms with van der Waals surface area (Å²) < 4.78 is 16.6. The van der Waals surface area contributed by atoms with E-state index >= 15 is 0 Å². The van der Waals surface area contributed by atoms with Gasteiger partial charge >= 0.3 is 0 Å². The summed E-state index contributed by atoms with van der Waals surface area (Å²) in [6.07, 6.45) is 2.44. The standard InChI is InChI=1S/C15H16BrFN4OS/c16-11-4-3-10(12(17)7-11)8-23-15-20-19-14(9-1-2-9)21(15)6-5-13(18)22/h3-4,7,9H,1-2,5-6,8H2,(H2,18,22). The molecule has 1 aromatic carbocycles.